The van der Waals surface area contributed by atoms with Gasteiger partial charge in [0.25, 0.3) is 0 Å². The molecular formula is C22H26BrNO3. The summed E-state index contributed by atoms with van der Waals surface area (Å²) in [4.78, 5) is 12.1. The van der Waals surface area contributed by atoms with Crippen molar-refractivity contribution in [3.8, 4) is 11.5 Å². The number of benzene rings is 2. The third-order valence-corrected chi connectivity index (χ3v) is 4.69. The monoisotopic (exact) mass is 431 g/mol. The third-order valence-electron chi connectivity index (χ3n) is 4.00. The Kier molecular flexibility index (Phi) is 8.92. The second-order valence-corrected chi connectivity index (χ2v) is 6.98. The second kappa shape index (κ2) is 11.4. The molecular weight excluding hydrogens is 406 g/mol. The van der Waals surface area contributed by atoms with Gasteiger partial charge in [0.05, 0.1) is 19.4 Å². The van der Waals surface area contributed by atoms with E-state index in [2.05, 4.69) is 28.2 Å². The lowest BCUT2D eigenvalue weighted by Gasteiger charge is -2.11. The highest BCUT2D eigenvalue weighted by Crippen LogP contribution is 2.29. The molecule has 0 aliphatic heterocycles. The average molecular weight is 432 g/mol. The van der Waals surface area contributed by atoms with E-state index in [0.29, 0.717) is 12.4 Å². The van der Waals surface area contributed by atoms with Gasteiger partial charge in [-0.15, -0.1) is 0 Å². The summed E-state index contributed by atoms with van der Waals surface area (Å²) in [5, 5.41) is 2.84. The van der Waals surface area contributed by atoms with E-state index in [4.69, 9.17) is 9.47 Å². The van der Waals surface area contributed by atoms with Crippen LogP contribution in [-0.2, 0) is 4.79 Å². The molecule has 0 aromatic heterocycles. The summed E-state index contributed by atoms with van der Waals surface area (Å²) in [6.07, 6.45) is 7.89. The zero-order valence-electron chi connectivity index (χ0n) is 15.8. The van der Waals surface area contributed by atoms with Gasteiger partial charge < -0.3 is 14.8 Å². The molecule has 0 radical (unpaired) electrons. The summed E-state index contributed by atoms with van der Waals surface area (Å²) in [6.45, 7) is 2.87. The van der Waals surface area contributed by atoms with Gasteiger partial charge >= 0.3 is 0 Å². The molecule has 0 aliphatic carbocycles. The molecule has 1 N–H and O–H groups in total. The Hall–Kier alpha value is -2.27. The Balaban J connectivity index is 1.94. The molecule has 0 heterocycles. The van der Waals surface area contributed by atoms with Crippen LogP contribution >= 0.6 is 15.9 Å². The van der Waals surface area contributed by atoms with E-state index >= 15 is 0 Å². The lowest BCUT2D eigenvalue weighted by Crippen LogP contribution is -2.08. The molecule has 2 aromatic rings. The first-order chi connectivity index (χ1) is 13.1. The predicted octanol–water partition coefficient (Wildman–Crippen LogP) is 6.07. The van der Waals surface area contributed by atoms with Crippen LogP contribution in [0.3, 0.4) is 0 Å². The van der Waals surface area contributed by atoms with Crippen LogP contribution in [0.25, 0.3) is 6.08 Å². The Bertz CT molecular complexity index is 774. The van der Waals surface area contributed by atoms with Crippen LogP contribution in [0.2, 0.25) is 0 Å². The molecule has 0 atom stereocenters. The Morgan fingerprint density at radius 3 is 2.67 bits per heavy atom. The Morgan fingerprint density at radius 2 is 1.93 bits per heavy atom. The standard InChI is InChI=1S/C22H26BrNO3/c1-3-4-5-8-15-27-20-13-11-17(16-21(20)26-2)12-14-22(25)24-19-10-7-6-9-18(19)23/h6-7,9-14,16H,3-5,8,15H2,1-2H3,(H,24,25). The number of ether oxygens (including phenoxy) is 2. The van der Waals surface area contributed by atoms with Crippen LogP contribution in [0.1, 0.15) is 38.2 Å². The van der Waals surface area contributed by atoms with Crippen molar-refractivity contribution in [1.29, 1.82) is 0 Å². The number of nitrogens with one attached hydrogen (secondary N) is 1. The van der Waals surface area contributed by atoms with Crippen molar-refractivity contribution in [1.82, 2.24) is 0 Å². The maximum absolute atomic E-state index is 12.1. The van der Waals surface area contributed by atoms with E-state index in [1.807, 2.05) is 42.5 Å². The molecule has 0 aliphatic rings. The van der Waals surface area contributed by atoms with E-state index in [-0.39, 0.29) is 5.91 Å². The van der Waals surface area contributed by atoms with Gasteiger partial charge in [-0.2, -0.15) is 0 Å². The maximum Gasteiger partial charge on any atom is 0.248 e. The minimum Gasteiger partial charge on any atom is -0.493 e. The van der Waals surface area contributed by atoms with E-state index < -0.39 is 0 Å². The van der Waals surface area contributed by atoms with Crippen LogP contribution in [0.4, 0.5) is 5.69 Å². The summed E-state index contributed by atoms with van der Waals surface area (Å²) >= 11 is 3.41. The van der Waals surface area contributed by atoms with Crippen LogP contribution in [-0.4, -0.2) is 19.6 Å². The molecule has 0 saturated heterocycles. The molecule has 0 spiro atoms. The average Bonchev–Trinajstić information content (AvgIpc) is 2.68. The fourth-order valence-corrected chi connectivity index (χ4v) is 2.91. The van der Waals surface area contributed by atoms with Gasteiger partial charge in [-0.3, -0.25) is 4.79 Å². The highest BCUT2D eigenvalue weighted by Gasteiger charge is 2.06. The molecule has 2 rings (SSSR count). The predicted molar refractivity (Wildman–Crippen MR) is 114 cm³/mol. The Labute approximate surface area is 169 Å². The molecule has 0 bridgehead atoms. The van der Waals surface area contributed by atoms with E-state index in [1.54, 1.807) is 13.2 Å². The lowest BCUT2D eigenvalue weighted by atomic mass is 10.2. The second-order valence-electron chi connectivity index (χ2n) is 6.12. The topological polar surface area (TPSA) is 47.6 Å². The minimum atomic E-state index is -0.197. The quantitative estimate of drug-likeness (QED) is 0.366. The number of hydrogen-bond acceptors (Lipinski definition) is 3. The number of carbonyl (C=O) groups is 1. The van der Waals surface area contributed by atoms with Gasteiger partial charge in [-0.05, 0) is 58.3 Å². The number of para-hydroxylation sites is 1. The molecule has 0 unspecified atom stereocenters. The van der Waals surface area contributed by atoms with Crippen LogP contribution in [0, 0.1) is 0 Å². The van der Waals surface area contributed by atoms with Crippen molar-refractivity contribution in [2.45, 2.75) is 32.6 Å². The van der Waals surface area contributed by atoms with Crippen molar-refractivity contribution < 1.29 is 14.3 Å². The van der Waals surface area contributed by atoms with Gasteiger partial charge in [-0.1, -0.05) is 44.4 Å². The van der Waals surface area contributed by atoms with Gasteiger partial charge in [0, 0.05) is 10.5 Å². The smallest absolute Gasteiger partial charge is 0.248 e. The molecule has 0 saturated carbocycles. The first-order valence-corrected chi connectivity index (χ1v) is 9.97. The van der Waals surface area contributed by atoms with Crippen molar-refractivity contribution >= 4 is 33.6 Å². The third kappa shape index (κ3) is 7.10. The maximum atomic E-state index is 12.1. The molecule has 0 fully saturated rings. The highest BCUT2D eigenvalue weighted by atomic mass is 79.9. The molecule has 5 heteroatoms. The van der Waals surface area contributed by atoms with E-state index in [0.717, 1.165) is 27.9 Å². The van der Waals surface area contributed by atoms with Gasteiger partial charge in [0.15, 0.2) is 11.5 Å². The summed E-state index contributed by atoms with van der Waals surface area (Å²) < 4.78 is 12.1. The first-order valence-electron chi connectivity index (χ1n) is 9.18. The lowest BCUT2D eigenvalue weighted by molar-refractivity contribution is -0.111. The molecule has 144 valence electrons. The number of amides is 1. The molecule has 4 nitrogen and oxygen atoms in total. The first kappa shape index (κ1) is 21.0. The fourth-order valence-electron chi connectivity index (χ4n) is 2.53. The number of unbranched alkanes of at least 4 members (excludes halogenated alkanes) is 3. The van der Waals surface area contributed by atoms with Crippen LogP contribution < -0.4 is 14.8 Å². The van der Waals surface area contributed by atoms with Crippen LogP contribution in [0.15, 0.2) is 53.0 Å². The number of rotatable bonds is 10. The summed E-state index contributed by atoms with van der Waals surface area (Å²) in [7, 11) is 1.62. The number of anilines is 1. The Morgan fingerprint density at radius 1 is 1.11 bits per heavy atom. The van der Waals surface area contributed by atoms with Crippen molar-refractivity contribution in [2.24, 2.45) is 0 Å². The van der Waals surface area contributed by atoms with Gasteiger partial charge in [0.1, 0.15) is 0 Å². The van der Waals surface area contributed by atoms with Crippen LogP contribution in [0.5, 0.6) is 11.5 Å². The summed E-state index contributed by atoms with van der Waals surface area (Å²) in [6, 6.07) is 13.1. The molecule has 27 heavy (non-hydrogen) atoms. The molecule has 2 aromatic carbocycles. The van der Waals surface area contributed by atoms with Crippen molar-refractivity contribution in [3.63, 3.8) is 0 Å². The SMILES string of the molecule is CCCCCCOc1ccc(C=CC(=O)Nc2ccccc2Br)cc1OC. The zero-order chi connectivity index (χ0) is 19.5. The highest BCUT2D eigenvalue weighted by molar-refractivity contribution is 9.10. The normalized spacial score (nSPS) is 10.8. The minimum absolute atomic E-state index is 0.197. The number of hydrogen-bond donors (Lipinski definition) is 1. The van der Waals surface area contributed by atoms with E-state index in [9.17, 15) is 4.79 Å². The fraction of sp³-hybridized carbons (Fsp3) is 0.318. The summed E-state index contributed by atoms with van der Waals surface area (Å²) in [5.74, 6) is 1.19. The number of halogens is 1. The number of carbonyl (C=O) groups excluding carboxylic acids is 1. The van der Waals surface area contributed by atoms with Gasteiger partial charge in [0.2, 0.25) is 5.91 Å². The summed E-state index contributed by atoms with van der Waals surface area (Å²) in [5.41, 5.74) is 1.60. The van der Waals surface area contributed by atoms with Gasteiger partial charge in [-0.25, -0.2) is 0 Å². The van der Waals surface area contributed by atoms with Crippen molar-refractivity contribution in [2.75, 3.05) is 19.0 Å². The number of methoxy groups -OCH3 is 1. The molecule has 1 amide bonds. The zero-order valence-corrected chi connectivity index (χ0v) is 17.4. The largest absolute Gasteiger partial charge is 0.493 e. The van der Waals surface area contributed by atoms with E-state index in [1.165, 1.54) is 25.3 Å². The van der Waals surface area contributed by atoms with Crippen molar-refractivity contribution in [3.05, 3.63) is 58.6 Å².